The molecule has 3 rings (SSSR count). The van der Waals surface area contributed by atoms with Crippen molar-refractivity contribution in [3.05, 3.63) is 35.5 Å². The number of ether oxygens (including phenoxy) is 3. The summed E-state index contributed by atoms with van der Waals surface area (Å²) >= 11 is 0. The van der Waals surface area contributed by atoms with Crippen molar-refractivity contribution in [1.29, 1.82) is 0 Å². The maximum Gasteiger partial charge on any atom is 0.255 e. The summed E-state index contributed by atoms with van der Waals surface area (Å²) in [4.78, 5) is 19.9. The molecule has 1 N–H and O–H groups in total. The molecular weight excluding hydrogens is 382 g/mol. The Labute approximate surface area is 178 Å². The van der Waals surface area contributed by atoms with Crippen molar-refractivity contribution in [1.82, 2.24) is 4.98 Å². The van der Waals surface area contributed by atoms with Crippen LogP contribution in [0.4, 0.5) is 11.5 Å². The van der Waals surface area contributed by atoms with Crippen molar-refractivity contribution < 1.29 is 19.0 Å². The molecule has 0 atom stereocenters. The number of pyridine rings is 1. The molecule has 0 saturated carbocycles. The number of aromatic nitrogens is 1. The Morgan fingerprint density at radius 1 is 1.00 bits per heavy atom. The second kappa shape index (κ2) is 10.2. The number of amides is 1. The van der Waals surface area contributed by atoms with Crippen LogP contribution >= 0.6 is 0 Å². The fourth-order valence-electron chi connectivity index (χ4n) is 3.52. The summed E-state index contributed by atoms with van der Waals surface area (Å²) in [6.07, 6.45) is 2.39. The normalized spacial score (nSPS) is 13.3. The third-order valence-corrected chi connectivity index (χ3v) is 4.92. The standard InChI is InChI=1S/C23H31N3O4/c1-5-28-19-14-17(15-20(29-6-2)22(19)30-7-3)23(27)25-18-10-11-21(24-16(18)4)26-12-8-9-13-26/h10-11,14-15H,5-9,12-13H2,1-4H3,(H,25,27). The molecule has 30 heavy (non-hydrogen) atoms. The zero-order chi connectivity index (χ0) is 21.5. The Morgan fingerprint density at radius 2 is 1.60 bits per heavy atom. The smallest absolute Gasteiger partial charge is 0.255 e. The summed E-state index contributed by atoms with van der Waals surface area (Å²) in [7, 11) is 0. The summed E-state index contributed by atoms with van der Waals surface area (Å²) in [5, 5.41) is 2.96. The molecule has 1 aliphatic heterocycles. The van der Waals surface area contributed by atoms with Crippen LogP contribution in [0, 0.1) is 6.92 Å². The van der Waals surface area contributed by atoms with Crippen molar-refractivity contribution in [3.8, 4) is 17.2 Å². The van der Waals surface area contributed by atoms with E-state index in [1.54, 1.807) is 12.1 Å². The summed E-state index contributed by atoms with van der Waals surface area (Å²) < 4.78 is 17.1. The van der Waals surface area contributed by atoms with Gasteiger partial charge in [-0.15, -0.1) is 0 Å². The van der Waals surface area contributed by atoms with E-state index in [-0.39, 0.29) is 5.91 Å². The Morgan fingerprint density at radius 3 is 2.13 bits per heavy atom. The highest BCUT2D eigenvalue weighted by atomic mass is 16.5. The Kier molecular flexibility index (Phi) is 7.38. The van der Waals surface area contributed by atoms with Crippen LogP contribution in [-0.4, -0.2) is 43.8 Å². The van der Waals surface area contributed by atoms with E-state index in [4.69, 9.17) is 14.2 Å². The average molecular weight is 414 g/mol. The van der Waals surface area contributed by atoms with Gasteiger partial charge in [-0.25, -0.2) is 4.98 Å². The van der Waals surface area contributed by atoms with Crippen LogP contribution < -0.4 is 24.4 Å². The first-order valence-corrected chi connectivity index (χ1v) is 10.7. The maximum absolute atomic E-state index is 13.0. The van der Waals surface area contributed by atoms with Gasteiger partial charge in [0.25, 0.3) is 5.91 Å². The number of nitrogens with zero attached hydrogens (tertiary/aromatic N) is 2. The minimum absolute atomic E-state index is 0.251. The van der Waals surface area contributed by atoms with Crippen molar-refractivity contribution in [2.45, 2.75) is 40.5 Å². The molecule has 1 amide bonds. The Hall–Kier alpha value is -2.96. The van der Waals surface area contributed by atoms with E-state index in [1.807, 2.05) is 39.8 Å². The topological polar surface area (TPSA) is 72.9 Å². The monoisotopic (exact) mass is 413 g/mol. The molecule has 0 unspecified atom stereocenters. The lowest BCUT2D eigenvalue weighted by Gasteiger charge is -2.19. The summed E-state index contributed by atoms with van der Waals surface area (Å²) in [5.74, 6) is 2.22. The summed E-state index contributed by atoms with van der Waals surface area (Å²) in [6, 6.07) is 7.25. The van der Waals surface area contributed by atoms with Gasteiger partial charge in [0.05, 0.1) is 31.2 Å². The van der Waals surface area contributed by atoms with Crippen LogP contribution in [-0.2, 0) is 0 Å². The van der Waals surface area contributed by atoms with E-state index in [0.29, 0.717) is 48.3 Å². The number of aryl methyl sites for hydroxylation is 1. The van der Waals surface area contributed by atoms with Gasteiger partial charge >= 0.3 is 0 Å². The number of benzene rings is 1. The zero-order valence-corrected chi connectivity index (χ0v) is 18.3. The van der Waals surface area contributed by atoms with Crippen LogP contribution in [0.5, 0.6) is 17.2 Å². The average Bonchev–Trinajstić information content (AvgIpc) is 3.27. The molecule has 0 spiro atoms. The van der Waals surface area contributed by atoms with Gasteiger partial charge in [-0.1, -0.05) is 0 Å². The minimum Gasteiger partial charge on any atom is -0.490 e. The third kappa shape index (κ3) is 4.96. The molecule has 1 saturated heterocycles. The van der Waals surface area contributed by atoms with Crippen molar-refractivity contribution >= 4 is 17.4 Å². The van der Waals surface area contributed by atoms with Gasteiger partial charge in [0.15, 0.2) is 11.5 Å². The predicted molar refractivity (Wildman–Crippen MR) is 118 cm³/mol. The Balaban J connectivity index is 1.85. The molecule has 1 aromatic carbocycles. The van der Waals surface area contributed by atoms with Crippen molar-refractivity contribution in [2.75, 3.05) is 43.1 Å². The predicted octanol–water partition coefficient (Wildman–Crippen LogP) is 4.44. The molecule has 1 aromatic heterocycles. The van der Waals surface area contributed by atoms with E-state index in [0.717, 1.165) is 24.6 Å². The highest BCUT2D eigenvalue weighted by molar-refractivity contribution is 6.05. The maximum atomic E-state index is 13.0. The van der Waals surface area contributed by atoms with Crippen LogP contribution in [0.1, 0.15) is 49.7 Å². The molecule has 2 heterocycles. The van der Waals surface area contributed by atoms with Gasteiger partial charge < -0.3 is 24.4 Å². The molecule has 1 aliphatic rings. The Bertz CT molecular complexity index is 852. The van der Waals surface area contributed by atoms with E-state index < -0.39 is 0 Å². The van der Waals surface area contributed by atoms with E-state index in [2.05, 4.69) is 15.2 Å². The van der Waals surface area contributed by atoms with Crippen LogP contribution in [0.2, 0.25) is 0 Å². The number of nitrogens with one attached hydrogen (secondary N) is 1. The first-order valence-electron chi connectivity index (χ1n) is 10.7. The molecule has 162 valence electrons. The molecule has 7 heteroatoms. The van der Waals surface area contributed by atoms with Crippen molar-refractivity contribution in [2.24, 2.45) is 0 Å². The van der Waals surface area contributed by atoms with E-state index in [9.17, 15) is 4.79 Å². The lowest BCUT2D eigenvalue weighted by atomic mass is 10.1. The van der Waals surface area contributed by atoms with E-state index in [1.165, 1.54) is 12.8 Å². The fraction of sp³-hybridized carbons (Fsp3) is 0.478. The lowest BCUT2D eigenvalue weighted by molar-refractivity contribution is 0.102. The van der Waals surface area contributed by atoms with Crippen molar-refractivity contribution in [3.63, 3.8) is 0 Å². The molecule has 0 bridgehead atoms. The third-order valence-electron chi connectivity index (χ3n) is 4.92. The number of hydrogen-bond acceptors (Lipinski definition) is 6. The first-order chi connectivity index (χ1) is 14.6. The summed E-state index contributed by atoms with van der Waals surface area (Å²) in [6.45, 7) is 11.0. The van der Waals surface area contributed by atoms with Gasteiger partial charge in [0.1, 0.15) is 5.82 Å². The second-order valence-electron chi connectivity index (χ2n) is 7.05. The number of rotatable bonds is 9. The molecule has 7 nitrogen and oxygen atoms in total. The molecule has 0 aliphatic carbocycles. The van der Waals surface area contributed by atoms with Gasteiger partial charge in [0, 0.05) is 18.7 Å². The number of carbonyl (C=O) groups is 1. The van der Waals surface area contributed by atoms with Crippen LogP contribution in [0.3, 0.4) is 0 Å². The van der Waals surface area contributed by atoms with Crippen LogP contribution in [0.15, 0.2) is 24.3 Å². The second-order valence-corrected chi connectivity index (χ2v) is 7.05. The van der Waals surface area contributed by atoms with Gasteiger partial charge in [-0.2, -0.15) is 0 Å². The largest absolute Gasteiger partial charge is 0.490 e. The van der Waals surface area contributed by atoms with E-state index >= 15 is 0 Å². The SMILES string of the molecule is CCOc1cc(C(=O)Nc2ccc(N3CCCC3)nc2C)cc(OCC)c1OCC. The number of anilines is 2. The highest BCUT2D eigenvalue weighted by Crippen LogP contribution is 2.39. The molecule has 1 fully saturated rings. The molecule has 0 radical (unpaired) electrons. The molecular formula is C23H31N3O4. The van der Waals surface area contributed by atoms with Crippen LogP contribution in [0.25, 0.3) is 0 Å². The highest BCUT2D eigenvalue weighted by Gasteiger charge is 2.20. The number of hydrogen-bond donors (Lipinski definition) is 1. The van der Waals surface area contributed by atoms with Gasteiger partial charge in [0.2, 0.25) is 5.75 Å². The quantitative estimate of drug-likeness (QED) is 0.655. The first kappa shape index (κ1) is 21.7. The lowest BCUT2D eigenvalue weighted by Crippen LogP contribution is -2.20. The fourth-order valence-corrected chi connectivity index (χ4v) is 3.52. The summed E-state index contributed by atoms with van der Waals surface area (Å²) in [5.41, 5.74) is 1.91. The molecule has 2 aromatic rings. The van der Waals surface area contributed by atoms with Gasteiger partial charge in [-0.05, 0) is 64.8 Å². The van der Waals surface area contributed by atoms with Gasteiger partial charge in [-0.3, -0.25) is 4.79 Å². The number of carbonyl (C=O) groups excluding carboxylic acids is 1. The zero-order valence-electron chi connectivity index (χ0n) is 18.3. The minimum atomic E-state index is -0.251.